The lowest BCUT2D eigenvalue weighted by Gasteiger charge is -2.01. The molecule has 5 nitrogen and oxygen atoms in total. The van der Waals surface area contributed by atoms with Crippen LogP contribution in [0.25, 0.3) is 0 Å². The van der Waals surface area contributed by atoms with E-state index in [0.29, 0.717) is 17.1 Å². The van der Waals surface area contributed by atoms with Crippen LogP contribution in [0.15, 0.2) is 17.3 Å². The summed E-state index contributed by atoms with van der Waals surface area (Å²) >= 11 is 0. The lowest BCUT2D eigenvalue weighted by atomic mass is 10.2. The highest BCUT2D eigenvalue weighted by Gasteiger charge is 2.19. The summed E-state index contributed by atoms with van der Waals surface area (Å²) in [4.78, 5) is 0. The van der Waals surface area contributed by atoms with Crippen molar-refractivity contribution in [1.82, 2.24) is 0 Å². The predicted octanol–water partition coefficient (Wildman–Crippen LogP) is 0.929. The molecule has 1 aliphatic rings. The number of benzene rings is 1. The molecular weight excluding hydrogens is 174 g/mol. The number of aromatic hydroxyl groups is 1. The summed E-state index contributed by atoms with van der Waals surface area (Å²) in [5.41, 5.74) is 0.317. The highest BCUT2D eigenvalue weighted by atomic mass is 16.7. The van der Waals surface area contributed by atoms with Gasteiger partial charge in [-0.05, 0) is 12.1 Å². The van der Waals surface area contributed by atoms with Crippen molar-refractivity contribution < 1.29 is 19.8 Å². The number of hydrogen-bond donors (Lipinski definition) is 2. The molecule has 0 amide bonds. The number of phenols is 1. The van der Waals surface area contributed by atoms with Crippen LogP contribution in [0.2, 0.25) is 0 Å². The van der Waals surface area contributed by atoms with Crippen molar-refractivity contribution in [3.8, 4) is 17.2 Å². The molecule has 0 aromatic heterocycles. The Hall–Kier alpha value is -1.91. The second kappa shape index (κ2) is 2.85. The fraction of sp³-hybridized carbons (Fsp3) is 0.125. The zero-order valence-electron chi connectivity index (χ0n) is 6.60. The number of ether oxygens (including phenoxy) is 2. The molecule has 0 unspecified atom stereocenters. The van der Waals surface area contributed by atoms with Gasteiger partial charge in [0, 0.05) is 0 Å². The van der Waals surface area contributed by atoms with Crippen LogP contribution >= 0.6 is 0 Å². The van der Waals surface area contributed by atoms with Gasteiger partial charge in [0.15, 0.2) is 11.5 Å². The van der Waals surface area contributed by atoms with Crippen LogP contribution in [0.5, 0.6) is 17.2 Å². The van der Waals surface area contributed by atoms with E-state index >= 15 is 0 Å². The van der Waals surface area contributed by atoms with Gasteiger partial charge in [-0.15, -0.1) is 0 Å². The van der Waals surface area contributed by atoms with E-state index in [1.165, 1.54) is 6.07 Å². The molecule has 2 rings (SSSR count). The van der Waals surface area contributed by atoms with Crippen LogP contribution in [0.1, 0.15) is 5.56 Å². The third kappa shape index (κ3) is 1.14. The smallest absolute Gasteiger partial charge is 0.231 e. The van der Waals surface area contributed by atoms with Crippen molar-refractivity contribution in [2.45, 2.75) is 0 Å². The maximum absolute atomic E-state index is 9.37. The predicted molar refractivity (Wildman–Crippen MR) is 43.6 cm³/mol. The SMILES string of the molecule is ON=Cc1c(O)ccc2c1OCO2. The lowest BCUT2D eigenvalue weighted by molar-refractivity contribution is 0.173. The molecule has 13 heavy (non-hydrogen) atoms. The summed E-state index contributed by atoms with van der Waals surface area (Å²) in [6.45, 7) is 0.116. The van der Waals surface area contributed by atoms with Crippen LogP contribution in [-0.2, 0) is 0 Å². The van der Waals surface area contributed by atoms with Crippen LogP contribution < -0.4 is 9.47 Å². The number of hydrogen-bond acceptors (Lipinski definition) is 5. The third-order valence-corrected chi connectivity index (χ3v) is 1.74. The minimum atomic E-state index is -0.0120. The average molecular weight is 181 g/mol. The Morgan fingerprint density at radius 1 is 1.38 bits per heavy atom. The standard InChI is InChI=1S/C8H7NO4/c10-6-1-2-7-8(13-4-12-7)5(6)3-9-11/h1-3,10-11H,4H2. The summed E-state index contributed by atoms with van der Waals surface area (Å²) in [7, 11) is 0. The van der Waals surface area contributed by atoms with Gasteiger partial charge in [-0.1, -0.05) is 5.16 Å². The highest BCUT2D eigenvalue weighted by molar-refractivity contribution is 5.88. The van der Waals surface area contributed by atoms with Gasteiger partial charge < -0.3 is 19.8 Å². The Bertz CT molecular complexity index is 361. The molecule has 5 heteroatoms. The van der Waals surface area contributed by atoms with E-state index in [1.54, 1.807) is 6.07 Å². The van der Waals surface area contributed by atoms with Gasteiger partial charge in [0.05, 0.1) is 11.8 Å². The molecule has 1 heterocycles. The molecular formula is C8H7NO4. The van der Waals surface area contributed by atoms with Crippen molar-refractivity contribution in [3.05, 3.63) is 17.7 Å². The minimum absolute atomic E-state index is 0.0120. The molecule has 0 radical (unpaired) electrons. The first-order valence-corrected chi connectivity index (χ1v) is 3.62. The van der Waals surface area contributed by atoms with Gasteiger partial charge in [0.1, 0.15) is 5.75 Å². The lowest BCUT2D eigenvalue weighted by Crippen LogP contribution is -1.94. The van der Waals surface area contributed by atoms with Crippen molar-refractivity contribution in [2.75, 3.05) is 6.79 Å². The molecule has 68 valence electrons. The Morgan fingerprint density at radius 2 is 2.23 bits per heavy atom. The van der Waals surface area contributed by atoms with Crippen LogP contribution in [0, 0.1) is 0 Å². The molecule has 1 aromatic rings. The van der Waals surface area contributed by atoms with Gasteiger partial charge in [0.2, 0.25) is 6.79 Å². The van der Waals surface area contributed by atoms with E-state index in [2.05, 4.69) is 5.16 Å². The Labute approximate surface area is 73.8 Å². The molecule has 0 saturated carbocycles. The molecule has 1 aromatic carbocycles. The average Bonchev–Trinajstić information content (AvgIpc) is 2.58. The van der Waals surface area contributed by atoms with E-state index in [-0.39, 0.29) is 12.5 Å². The normalized spacial score (nSPS) is 13.8. The van der Waals surface area contributed by atoms with Gasteiger partial charge in [-0.25, -0.2) is 0 Å². The van der Waals surface area contributed by atoms with E-state index in [0.717, 1.165) is 6.21 Å². The first kappa shape index (κ1) is 7.72. The first-order valence-electron chi connectivity index (χ1n) is 3.62. The molecule has 2 N–H and O–H groups in total. The fourth-order valence-electron chi connectivity index (χ4n) is 1.17. The zero-order valence-corrected chi connectivity index (χ0v) is 6.60. The van der Waals surface area contributed by atoms with E-state index in [9.17, 15) is 5.11 Å². The molecule has 0 atom stereocenters. The topological polar surface area (TPSA) is 71.3 Å². The second-order valence-electron chi connectivity index (χ2n) is 2.48. The van der Waals surface area contributed by atoms with Crippen molar-refractivity contribution in [3.63, 3.8) is 0 Å². The molecule has 0 saturated heterocycles. The third-order valence-electron chi connectivity index (χ3n) is 1.74. The molecule has 0 spiro atoms. The van der Waals surface area contributed by atoms with Gasteiger partial charge >= 0.3 is 0 Å². The largest absolute Gasteiger partial charge is 0.507 e. The number of rotatable bonds is 1. The fourth-order valence-corrected chi connectivity index (χ4v) is 1.17. The Morgan fingerprint density at radius 3 is 3.00 bits per heavy atom. The number of oxime groups is 1. The van der Waals surface area contributed by atoms with E-state index in [4.69, 9.17) is 14.7 Å². The quantitative estimate of drug-likeness (QED) is 0.384. The van der Waals surface area contributed by atoms with Gasteiger partial charge in [-0.3, -0.25) is 0 Å². The van der Waals surface area contributed by atoms with E-state index in [1.807, 2.05) is 0 Å². The molecule has 0 aliphatic carbocycles. The molecule has 0 bridgehead atoms. The number of nitrogens with zero attached hydrogens (tertiary/aromatic N) is 1. The minimum Gasteiger partial charge on any atom is -0.507 e. The van der Waals surface area contributed by atoms with Crippen LogP contribution in [0.3, 0.4) is 0 Å². The zero-order chi connectivity index (χ0) is 9.26. The van der Waals surface area contributed by atoms with Crippen molar-refractivity contribution >= 4 is 6.21 Å². The second-order valence-corrected chi connectivity index (χ2v) is 2.48. The Balaban J connectivity index is 2.58. The summed E-state index contributed by atoms with van der Waals surface area (Å²) in [6.07, 6.45) is 1.10. The summed E-state index contributed by atoms with van der Waals surface area (Å²) in [5.74, 6) is 0.924. The Kier molecular flexibility index (Phi) is 1.70. The maximum Gasteiger partial charge on any atom is 0.231 e. The van der Waals surface area contributed by atoms with Crippen molar-refractivity contribution in [1.29, 1.82) is 0 Å². The summed E-state index contributed by atoms with van der Waals surface area (Å²) in [6, 6.07) is 3.04. The first-order chi connectivity index (χ1) is 6.33. The molecule has 1 aliphatic heterocycles. The van der Waals surface area contributed by atoms with Gasteiger partial charge in [0.25, 0.3) is 0 Å². The van der Waals surface area contributed by atoms with Crippen LogP contribution in [0.4, 0.5) is 0 Å². The monoisotopic (exact) mass is 181 g/mol. The van der Waals surface area contributed by atoms with Crippen molar-refractivity contribution in [2.24, 2.45) is 5.16 Å². The highest BCUT2D eigenvalue weighted by Crippen LogP contribution is 2.38. The number of phenolic OH excluding ortho intramolecular Hbond substituents is 1. The van der Waals surface area contributed by atoms with E-state index < -0.39 is 0 Å². The summed E-state index contributed by atoms with van der Waals surface area (Å²) < 4.78 is 10.1. The maximum atomic E-state index is 9.37. The van der Waals surface area contributed by atoms with Crippen LogP contribution in [-0.4, -0.2) is 23.3 Å². The molecule has 0 fully saturated rings. The van der Waals surface area contributed by atoms with Gasteiger partial charge in [-0.2, -0.15) is 0 Å². The number of fused-ring (bicyclic) bond motifs is 1. The summed E-state index contributed by atoms with van der Waals surface area (Å²) in [5, 5.41) is 20.5.